The molecule has 0 radical (unpaired) electrons. The Bertz CT molecular complexity index is 1120. The van der Waals surface area contributed by atoms with Crippen molar-refractivity contribution in [1.82, 2.24) is 9.55 Å². The number of phenols is 1. The van der Waals surface area contributed by atoms with Gasteiger partial charge in [0.2, 0.25) is 0 Å². The number of aryl methyl sites for hydroxylation is 2. The van der Waals surface area contributed by atoms with Crippen molar-refractivity contribution < 1.29 is 5.11 Å². The van der Waals surface area contributed by atoms with Crippen molar-refractivity contribution in [1.29, 1.82) is 0 Å². The summed E-state index contributed by atoms with van der Waals surface area (Å²) in [6, 6.07) is 14.6. The molecule has 0 spiro atoms. The fourth-order valence-electron chi connectivity index (χ4n) is 4.78. The molecule has 4 aromatic rings. The van der Waals surface area contributed by atoms with E-state index in [9.17, 15) is 5.11 Å². The molecule has 1 aliphatic heterocycles. The molecule has 2 N–H and O–H groups in total. The summed E-state index contributed by atoms with van der Waals surface area (Å²) in [4.78, 5) is 5.87. The minimum absolute atomic E-state index is 0.335. The number of H-pyrrole nitrogens is 1. The number of benzene rings is 2. The van der Waals surface area contributed by atoms with Gasteiger partial charge in [0.25, 0.3) is 0 Å². The van der Waals surface area contributed by atoms with E-state index in [1.807, 2.05) is 12.1 Å². The number of hydrogen-bond donors (Lipinski definition) is 2. The first-order chi connectivity index (χ1) is 14.3. The molecular formula is C25H29N3O. The quantitative estimate of drug-likeness (QED) is 0.408. The minimum atomic E-state index is 0.335. The van der Waals surface area contributed by atoms with Crippen LogP contribution in [0.4, 0.5) is 5.69 Å². The Hall–Kier alpha value is -2.88. The predicted octanol–water partition coefficient (Wildman–Crippen LogP) is 5.84. The van der Waals surface area contributed by atoms with Crippen molar-refractivity contribution in [2.45, 2.75) is 45.1 Å². The van der Waals surface area contributed by atoms with Gasteiger partial charge in [0.05, 0.1) is 5.52 Å². The third-order valence-electron chi connectivity index (χ3n) is 6.33. The van der Waals surface area contributed by atoms with Gasteiger partial charge in [-0.25, -0.2) is 0 Å². The second-order valence-electron chi connectivity index (χ2n) is 8.27. The van der Waals surface area contributed by atoms with E-state index in [0.717, 1.165) is 36.7 Å². The van der Waals surface area contributed by atoms with Crippen molar-refractivity contribution in [3.8, 4) is 5.75 Å². The summed E-state index contributed by atoms with van der Waals surface area (Å²) in [5.74, 6) is 0.335. The number of aromatic amines is 1. The first-order valence-electron chi connectivity index (χ1n) is 10.9. The number of anilines is 1. The van der Waals surface area contributed by atoms with Crippen molar-refractivity contribution in [2.75, 3.05) is 18.0 Å². The Morgan fingerprint density at radius 2 is 1.83 bits per heavy atom. The highest BCUT2D eigenvalue weighted by Crippen LogP contribution is 2.30. The van der Waals surface area contributed by atoms with E-state index in [-0.39, 0.29) is 0 Å². The fraction of sp³-hybridized carbons (Fsp3) is 0.360. The van der Waals surface area contributed by atoms with Crippen LogP contribution in [-0.4, -0.2) is 27.7 Å². The third-order valence-corrected chi connectivity index (χ3v) is 6.33. The van der Waals surface area contributed by atoms with Gasteiger partial charge in [-0.05, 0) is 80.5 Å². The molecule has 0 amide bonds. The number of aromatic hydroxyl groups is 1. The lowest BCUT2D eigenvalue weighted by atomic mass is 10.1. The van der Waals surface area contributed by atoms with E-state index in [4.69, 9.17) is 0 Å². The molecule has 150 valence electrons. The van der Waals surface area contributed by atoms with E-state index < -0.39 is 0 Å². The van der Waals surface area contributed by atoms with Crippen LogP contribution in [0.3, 0.4) is 0 Å². The predicted molar refractivity (Wildman–Crippen MR) is 121 cm³/mol. The van der Waals surface area contributed by atoms with E-state index >= 15 is 0 Å². The lowest BCUT2D eigenvalue weighted by molar-refractivity contribution is 0.476. The van der Waals surface area contributed by atoms with Crippen LogP contribution in [0.2, 0.25) is 0 Å². The van der Waals surface area contributed by atoms with Crippen LogP contribution in [0.5, 0.6) is 5.75 Å². The van der Waals surface area contributed by atoms with Gasteiger partial charge in [-0.1, -0.05) is 6.07 Å². The zero-order chi connectivity index (χ0) is 19.6. The Labute approximate surface area is 171 Å². The molecule has 0 atom stereocenters. The zero-order valence-corrected chi connectivity index (χ0v) is 16.9. The number of hydrogen-bond acceptors (Lipinski definition) is 2. The monoisotopic (exact) mass is 387 g/mol. The Balaban J connectivity index is 1.25. The van der Waals surface area contributed by atoms with Gasteiger partial charge in [0, 0.05) is 54.0 Å². The Kier molecular flexibility index (Phi) is 4.92. The maximum absolute atomic E-state index is 9.77. The number of nitrogens with zero attached hydrogens (tertiary/aromatic N) is 2. The first-order valence-corrected chi connectivity index (χ1v) is 10.9. The highest BCUT2D eigenvalue weighted by molar-refractivity contribution is 5.93. The molecule has 0 unspecified atom stereocenters. The van der Waals surface area contributed by atoms with Crippen LogP contribution in [0, 0.1) is 0 Å². The molecular weight excluding hydrogens is 358 g/mol. The van der Waals surface area contributed by atoms with Gasteiger partial charge >= 0.3 is 0 Å². The topological polar surface area (TPSA) is 44.2 Å². The number of fused-ring (bicyclic) bond motifs is 2. The Morgan fingerprint density at radius 1 is 0.931 bits per heavy atom. The number of piperidine rings is 1. The molecule has 3 heterocycles. The SMILES string of the molecule is Oc1ccc2[nH]cc(CCCCn3ccc4c(N5CCCCC5)cccc43)c2c1. The summed E-state index contributed by atoms with van der Waals surface area (Å²) in [5.41, 5.74) is 5.14. The first kappa shape index (κ1) is 18.2. The highest BCUT2D eigenvalue weighted by Gasteiger charge is 2.14. The van der Waals surface area contributed by atoms with Crippen LogP contribution in [0.15, 0.2) is 54.9 Å². The van der Waals surface area contributed by atoms with Crippen LogP contribution in [-0.2, 0) is 13.0 Å². The van der Waals surface area contributed by atoms with Gasteiger partial charge in [-0.2, -0.15) is 0 Å². The number of unbranched alkanes of at least 4 members (excludes halogenated alkanes) is 1. The molecule has 0 bridgehead atoms. The molecule has 4 heteroatoms. The van der Waals surface area contributed by atoms with Crippen LogP contribution < -0.4 is 4.90 Å². The summed E-state index contributed by atoms with van der Waals surface area (Å²) >= 11 is 0. The number of rotatable bonds is 6. The van der Waals surface area contributed by atoms with Gasteiger partial charge in [-0.15, -0.1) is 0 Å². The van der Waals surface area contributed by atoms with Gasteiger partial charge in [0.15, 0.2) is 0 Å². The summed E-state index contributed by atoms with van der Waals surface area (Å²) in [7, 11) is 0. The van der Waals surface area contributed by atoms with Crippen molar-refractivity contribution in [2.24, 2.45) is 0 Å². The molecule has 5 rings (SSSR count). The molecule has 2 aromatic heterocycles. The highest BCUT2D eigenvalue weighted by atomic mass is 16.3. The van der Waals surface area contributed by atoms with Crippen LogP contribution in [0.1, 0.15) is 37.7 Å². The lowest BCUT2D eigenvalue weighted by Crippen LogP contribution is -2.29. The van der Waals surface area contributed by atoms with Gasteiger partial charge in [0.1, 0.15) is 5.75 Å². The van der Waals surface area contributed by atoms with E-state index in [1.165, 1.54) is 54.5 Å². The van der Waals surface area contributed by atoms with Crippen molar-refractivity contribution in [3.63, 3.8) is 0 Å². The maximum Gasteiger partial charge on any atom is 0.116 e. The summed E-state index contributed by atoms with van der Waals surface area (Å²) in [5, 5.41) is 12.3. The molecule has 0 saturated carbocycles. The number of aromatic nitrogens is 2. The van der Waals surface area contributed by atoms with E-state index in [0.29, 0.717) is 5.75 Å². The second kappa shape index (κ2) is 7.86. The van der Waals surface area contributed by atoms with E-state index in [2.05, 4.69) is 51.1 Å². The average molecular weight is 388 g/mol. The Morgan fingerprint density at radius 3 is 2.72 bits per heavy atom. The summed E-state index contributed by atoms with van der Waals surface area (Å²) < 4.78 is 2.41. The summed E-state index contributed by atoms with van der Waals surface area (Å²) in [6.07, 6.45) is 11.6. The smallest absolute Gasteiger partial charge is 0.116 e. The maximum atomic E-state index is 9.77. The average Bonchev–Trinajstić information content (AvgIpc) is 3.35. The molecule has 2 aromatic carbocycles. The molecule has 29 heavy (non-hydrogen) atoms. The minimum Gasteiger partial charge on any atom is -0.508 e. The standard InChI is InChI=1S/C25H29N3O/c29-20-10-11-23-22(17-20)19(18-26-23)7-2-5-15-28-16-12-21-24(8-6-9-25(21)28)27-13-3-1-4-14-27/h6,8-12,16-18,26,29H,1-5,7,13-15H2. The van der Waals surface area contributed by atoms with Crippen LogP contribution >= 0.6 is 0 Å². The molecule has 1 saturated heterocycles. The second-order valence-corrected chi connectivity index (χ2v) is 8.27. The largest absolute Gasteiger partial charge is 0.508 e. The van der Waals surface area contributed by atoms with E-state index in [1.54, 1.807) is 6.07 Å². The zero-order valence-electron chi connectivity index (χ0n) is 16.9. The lowest BCUT2D eigenvalue weighted by Gasteiger charge is -2.29. The molecule has 4 nitrogen and oxygen atoms in total. The van der Waals surface area contributed by atoms with Crippen LogP contribution in [0.25, 0.3) is 21.8 Å². The van der Waals surface area contributed by atoms with Crippen molar-refractivity contribution >= 4 is 27.5 Å². The molecule has 0 aliphatic carbocycles. The number of nitrogens with one attached hydrogen (secondary N) is 1. The van der Waals surface area contributed by atoms with Gasteiger partial charge in [-0.3, -0.25) is 0 Å². The third kappa shape index (κ3) is 3.59. The normalized spacial score (nSPS) is 14.8. The van der Waals surface area contributed by atoms with Gasteiger partial charge < -0.3 is 19.6 Å². The molecule has 1 fully saturated rings. The summed E-state index contributed by atoms with van der Waals surface area (Å²) in [6.45, 7) is 3.41. The van der Waals surface area contributed by atoms with Crippen molar-refractivity contribution in [3.05, 3.63) is 60.4 Å². The molecule has 1 aliphatic rings. The number of phenolic OH excluding ortho intramolecular Hbond substituents is 1. The fourth-order valence-corrected chi connectivity index (χ4v) is 4.78.